The molecule has 0 saturated carbocycles. The predicted molar refractivity (Wildman–Crippen MR) is 92.9 cm³/mol. The lowest BCUT2D eigenvalue weighted by atomic mass is 10.0. The molecule has 5 nitrogen and oxygen atoms in total. The number of fused-ring (bicyclic) bond motifs is 3. The third-order valence-electron chi connectivity index (χ3n) is 3.62. The third kappa shape index (κ3) is 2.13. The van der Waals surface area contributed by atoms with Gasteiger partial charge in [-0.2, -0.15) is 10.4 Å². The van der Waals surface area contributed by atoms with Gasteiger partial charge in [0.25, 0.3) is 0 Å². The topological polar surface area (TPSA) is 63.8 Å². The van der Waals surface area contributed by atoms with Crippen molar-refractivity contribution in [2.45, 2.75) is 6.92 Å². The van der Waals surface area contributed by atoms with Crippen molar-refractivity contribution in [2.24, 2.45) is 10.1 Å². The zero-order valence-electron chi connectivity index (χ0n) is 12.0. The van der Waals surface area contributed by atoms with Gasteiger partial charge in [0.05, 0.1) is 11.9 Å². The number of nitriles is 1. The molecule has 0 bridgehead atoms. The minimum Gasteiger partial charge on any atom is -0.270 e. The van der Waals surface area contributed by atoms with E-state index in [0.717, 1.165) is 33.5 Å². The molecule has 0 unspecified atom stereocenters. The highest BCUT2D eigenvalue weighted by molar-refractivity contribution is 7.17. The second-order valence-electron chi connectivity index (χ2n) is 5.02. The number of nitrogens with one attached hydrogen (secondary N) is 1. The molecule has 3 heterocycles. The Bertz CT molecular complexity index is 948. The van der Waals surface area contributed by atoms with Gasteiger partial charge in [0.1, 0.15) is 21.8 Å². The molecular weight excluding hydrogens is 330 g/mol. The lowest BCUT2D eigenvalue weighted by Gasteiger charge is -2.17. The number of halogens is 1. The highest BCUT2D eigenvalue weighted by Crippen LogP contribution is 2.38. The van der Waals surface area contributed by atoms with Crippen molar-refractivity contribution in [3.8, 4) is 6.07 Å². The lowest BCUT2D eigenvalue weighted by molar-refractivity contribution is 0.916. The zero-order valence-corrected chi connectivity index (χ0v) is 13.6. The third-order valence-corrected chi connectivity index (χ3v) is 4.98. The zero-order chi connectivity index (χ0) is 16.0. The van der Waals surface area contributed by atoms with Crippen molar-refractivity contribution in [1.29, 1.82) is 5.26 Å². The molecule has 7 heteroatoms. The summed E-state index contributed by atoms with van der Waals surface area (Å²) in [7, 11) is 0. The monoisotopic (exact) mass is 339 g/mol. The summed E-state index contributed by atoms with van der Waals surface area (Å²) >= 11 is 7.76. The van der Waals surface area contributed by atoms with E-state index in [2.05, 4.69) is 21.6 Å². The second-order valence-corrected chi connectivity index (χ2v) is 6.46. The van der Waals surface area contributed by atoms with Gasteiger partial charge in [0.2, 0.25) is 0 Å². The Morgan fingerprint density at radius 1 is 1.30 bits per heavy atom. The Kier molecular flexibility index (Phi) is 3.18. The number of amidine groups is 1. The van der Waals surface area contributed by atoms with E-state index in [0.29, 0.717) is 9.90 Å². The fraction of sp³-hybridized carbons (Fsp3) is 0.0625. The maximum Gasteiger partial charge on any atom is 0.152 e. The first-order valence-corrected chi connectivity index (χ1v) is 8.06. The number of aliphatic imine (C=N–C) groups is 1. The molecule has 112 valence electrons. The SMILES string of the molecule is CC1=NNC2=CN=C(c3ccccc3Cl)c3cc(C#N)sc3N21. The highest BCUT2D eigenvalue weighted by Gasteiger charge is 2.30. The van der Waals surface area contributed by atoms with E-state index in [1.165, 1.54) is 11.3 Å². The Hall–Kier alpha value is -2.62. The van der Waals surface area contributed by atoms with E-state index < -0.39 is 0 Å². The molecule has 0 aliphatic carbocycles. The standard InChI is InChI=1S/C16H10ClN5S/c1-9-20-21-14-8-19-15(11-4-2-3-5-13(11)17)12-6-10(7-18)23-16(12)22(9)14/h2-6,8,21H,1H3. The first-order chi connectivity index (χ1) is 11.2. The van der Waals surface area contributed by atoms with Crippen molar-refractivity contribution in [2.75, 3.05) is 4.90 Å². The summed E-state index contributed by atoms with van der Waals surface area (Å²) in [6.45, 7) is 1.91. The highest BCUT2D eigenvalue weighted by atomic mass is 35.5. The van der Waals surface area contributed by atoms with Crippen LogP contribution in [0.3, 0.4) is 0 Å². The van der Waals surface area contributed by atoms with E-state index in [1.807, 2.05) is 42.2 Å². The average molecular weight is 340 g/mol. The number of nitrogens with zero attached hydrogens (tertiary/aromatic N) is 4. The molecule has 1 aromatic carbocycles. The molecular formula is C16H10ClN5S. The summed E-state index contributed by atoms with van der Waals surface area (Å²) in [5, 5.41) is 15.1. The van der Waals surface area contributed by atoms with Crippen molar-refractivity contribution < 1.29 is 0 Å². The van der Waals surface area contributed by atoms with Gasteiger partial charge >= 0.3 is 0 Å². The number of thiophene rings is 1. The Balaban J connectivity index is 1.98. The molecule has 0 atom stereocenters. The number of anilines is 1. The molecule has 0 fully saturated rings. The normalized spacial score (nSPS) is 15.5. The average Bonchev–Trinajstić information content (AvgIpc) is 3.09. The van der Waals surface area contributed by atoms with Crippen LogP contribution in [0.2, 0.25) is 5.02 Å². The van der Waals surface area contributed by atoms with Gasteiger partial charge in [0.15, 0.2) is 5.82 Å². The summed E-state index contributed by atoms with van der Waals surface area (Å²) in [5.41, 5.74) is 5.43. The van der Waals surface area contributed by atoms with Crippen molar-refractivity contribution in [3.63, 3.8) is 0 Å². The van der Waals surface area contributed by atoms with Crippen LogP contribution in [0.1, 0.15) is 22.9 Å². The second kappa shape index (κ2) is 5.23. The number of hydrogen-bond acceptors (Lipinski definition) is 6. The van der Waals surface area contributed by atoms with Crippen LogP contribution >= 0.6 is 22.9 Å². The van der Waals surface area contributed by atoms with Crippen molar-refractivity contribution in [3.05, 3.63) is 63.4 Å². The van der Waals surface area contributed by atoms with Crippen LogP contribution in [0, 0.1) is 11.3 Å². The molecule has 1 aromatic heterocycles. The smallest absolute Gasteiger partial charge is 0.152 e. The van der Waals surface area contributed by atoms with Crippen LogP contribution in [0.15, 0.2) is 52.4 Å². The Morgan fingerprint density at radius 3 is 2.91 bits per heavy atom. The van der Waals surface area contributed by atoms with Crippen LogP contribution in [0.5, 0.6) is 0 Å². The van der Waals surface area contributed by atoms with Crippen LogP contribution in [-0.4, -0.2) is 11.5 Å². The predicted octanol–water partition coefficient (Wildman–Crippen LogP) is 3.67. The molecule has 0 spiro atoms. The molecule has 2 aromatic rings. The maximum atomic E-state index is 9.29. The van der Waals surface area contributed by atoms with Gasteiger partial charge < -0.3 is 0 Å². The molecule has 4 rings (SSSR count). The fourth-order valence-electron chi connectivity index (χ4n) is 2.59. The van der Waals surface area contributed by atoms with E-state index in [-0.39, 0.29) is 0 Å². The number of benzene rings is 1. The van der Waals surface area contributed by atoms with Gasteiger partial charge in [0, 0.05) is 16.1 Å². The molecule has 0 amide bonds. The van der Waals surface area contributed by atoms with E-state index >= 15 is 0 Å². The molecule has 2 aliphatic heterocycles. The largest absolute Gasteiger partial charge is 0.270 e. The van der Waals surface area contributed by atoms with Gasteiger partial charge in [-0.3, -0.25) is 15.3 Å². The van der Waals surface area contributed by atoms with Crippen molar-refractivity contribution in [1.82, 2.24) is 5.43 Å². The van der Waals surface area contributed by atoms with Crippen LogP contribution in [0.4, 0.5) is 5.00 Å². The van der Waals surface area contributed by atoms with Crippen molar-refractivity contribution >= 4 is 39.5 Å². The van der Waals surface area contributed by atoms with E-state index in [4.69, 9.17) is 11.6 Å². The number of rotatable bonds is 1. The van der Waals surface area contributed by atoms with Crippen LogP contribution < -0.4 is 10.3 Å². The maximum absolute atomic E-state index is 9.29. The molecule has 1 N–H and O–H groups in total. The summed E-state index contributed by atoms with van der Waals surface area (Å²) in [6, 6.07) is 11.6. The lowest BCUT2D eigenvalue weighted by Crippen LogP contribution is -2.24. The first-order valence-electron chi connectivity index (χ1n) is 6.86. The van der Waals surface area contributed by atoms with Gasteiger partial charge in [-0.25, -0.2) is 0 Å². The molecule has 23 heavy (non-hydrogen) atoms. The summed E-state index contributed by atoms with van der Waals surface area (Å²) in [6.07, 6.45) is 1.73. The number of hydrogen-bond donors (Lipinski definition) is 1. The quantitative estimate of drug-likeness (QED) is 0.862. The van der Waals surface area contributed by atoms with Crippen LogP contribution in [0.25, 0.3) is 0 Å². The first kappa shape index (κ1) is 14.0. The Morgan fingerprint density at radius 2 is 2.13 bits per heavy atom. The van der Waals surface area contributed by atoms with E-state index in [9.17, 15) is 5.26 Å². The Labute approximate surface area is 141 Å². The molecule has 2 aliphatic rings. The van der Waals surface area contributed by atoms with Crippen LogP contribution in [-0.2, 0) is 0 Å². The molecule has 0 radical (unpaired) electrons. The minimum atomic E-state index is 0.621. The summed E-state index contributed by atoms with van der Waals surface area (Å²) in [5.74, 6) is 1.57. The number of hydrazone groups is 1. The van der Waals surface area contributed by atoms with Gasteiger partial charge in [-0.15, -0.1) is 11.3 Å². The summed E-state index contributed by atoms with van der Waals surface area (Å²) in [4.78, 5) is 7.20. The van der Waals surface area contributed by atoms with Gasteiger partial charge in [-0.05, 0) is 19.1 Å². The summed E-state index contributed by atoms with van der Waals surface area (Å²) < 4.78 is 0. The fourth-order valence-corrected chi connectivity index (χ4v) is 3.83. The van der Waals surface area contributed by atoms with E-state index in [1.54, 1.807) is 6.20 Å². The van der Waals surface area contributed by atoms with Gasteiger partial charge in [-0.1, -0.05) is 29.8 Å². The minimum absolute atomic E-state index is 0.621. The molecule has 0 saturated heterocycles.